The number of oxazole rings is 1. The number of amides is 3. The Morgan fingerprint density at radius 2 is 1.55 bits per heavy atom. The molecule has 172 valence electrons. The van der Waals surface area contributed by atoms with Crippen molar-refractivity contribution in [3.05, 3.63) is 66.2 Å². The molecule has 0 aliphatic carbocycles. The molecule has 2 aromatic carbocycles. The van der Waals surface area contributed by atoms with Crippen molar-refractivity contribution < 1.29 is 14.0 Å². The van der Waals surface area contributed by atoms with Gasteiger partial charge < -0.3 is 20.0 Å². The van der Waals surface area contributed by atoms with Gasteiger partial charge in [0.25, 0.3) is 0 Å². The first kappa shape index (κ1) is 22.6. The third kappa shape index (κ3) is 6.44. The minimum absolute atomic E-state index is 0.0651. The first-order valence-electron chi connectivity index (χ1n) is 11.5. The van der Waals surface area contributed by atoms with Gasteiger partial charge in [0.2, 0.25) is 5.91 Å². The molecule has 3 amide bonds. The van der Waals surface area contributed by atoms with Crippen LogP contribution in [0.3, 0.4) is 0 Å². The Labute approximate surface area is 194 Å². The number of aromatic nitrogens is 1. The fraction of sp³-hybridized carbons (Fsp3) is 0.346. The molecule has 3 aromatic rings. The van der Waals surface area contributed by atoms with Gasteiger partial charge in [0, 0.05) is 42.9 Å². The molecule has 1 fully saturated rings. The smallest absolute Gasteiger partial charge is 0.321 e. The van der Waals surface area contributed by atoms with Crippen LogP contribution in [0.15, 0.2) is 59.1 Å². The Morgan fingerprint density at radius 3 is 2.21 bits per heavy atom. The van der Waals surface area contributed by atoms with E-state index in [0.29, 0.717) is 29.4 Å². The fourth-order valence-corrected chi connectivity index (χ4v) is 3.83. The molecule has 0 spiro atoms. The lowest BCUT2D eigenvalue weighted by Gasteiger charge is -2.20. The summed E-state index contributed by atoms with van der Waals surface area (Å²) in [6.07, 6.45) is 6.85. The van der Waals surface area contributed by atoms with Crippen LogP contribution < -0.4 is 10.6 Å². The van der Waals surface area contributed by atoms with Crippen LogP contribution in [0.1, 0.15) is 43.6 Å². The number of urea groups is 1. The summed E-state index contributed by atoms with van der Waals surface area (Å²) < 4.78 is 5.79. The van der Waals surface area contributed by atoms with Crippen molar-refractivity contribution in [1.29, 1.82) is 0 Å². The van der Waals surface area contributed by atoms with Crippen LogP contribution in [-0.4, -0.2) is 34.9 Å². The van der Waals surface area contributed by atoms with E-state index in [-0.39, 0.29) is 18.4 Å². The Kier molecular flexibility index (Phi) is 7.40. The Hall–Kier alpha value is -3.61. The Bertz CT molecular complexity index is 1070. The molecular formula is C26H30N4O3. The highest BCUT2D eigenvalue weighted by Gasteiger charge is 2.15. The number of aryl methyl sites for hydroxylation is 2. The third-order valence-corrected chi connectivity index (χ3v) is 5.77. The zero-order valence-corrected chi connectivity index (χ0v) is 19.0. The first-order chi connectivity index (χ1) is 16.1. The molecule has 0 saturated carbocycles. The third-order valence-electron chi connectivity index (χ3n) is 5.77. The quantitative estimate of drug-likeness (QED) is 0.514. The van der Waals surface area contributed by atoms with Gasteiger partial charge in [-0.25, -0.2) is 9.78 Å². The standard InChI is InChI=1S/C26H30N4O3/c1-19-6-8-20(9-7-19)23-18-27-25(33-23)15-14-24(31)28-21-10-12-22(13-11-21)29-26(32)30-16-4-2-3-5-17-30/h6-13,18H,2-5,14-17H2,1H3,(H,28,31)(H,29,32). The van der Waals surface area contributed by atoms with E-state index >= 15 is 0 Å². The summed E-state index contributed by atoms with van der Waals surface area (Å²) in [7, 11) is 0. The molecule has 1 aliphatic heterocycles. The number of carbonyl (C=O) groups excluding carboxylic acids is 2. The van der Waals surface area contributed by atoms with Crippen molar-refractivity contribution in [1.82, 2.24) is 9.88 Å². The molecule has 1 aliphatic rings. The highest BCUT2D eigenvalue weighted by Crippen LogP contribution is 2.21. The Balaban J connectivity index is 1.24. The summed E-state index contributed by atoms with van der Waals surface area (Å²) in [4.78, 5) is 30.9. The number of nitrogens with zero attached hydrogens (tertiary/aromatic N) is 2. The van der Waals surface area contributed by atoms with Gasteiger partial charge in [-0.05, 0) is 44.0 Å². The molecule has 33 heavy (non-hydrogen) atoms. The molecule has 1 saturated heterocycles. The normalized spacial score (nSPS) is 13.9. The van der Waals surface area contributed by atoms with Crippen molar-refractivity contribution >= 4 is 23.3 Å². The van der Waals surface area contributed by atoms with Crippen molar-refractivity contribution in [2.75, 3.05) is 23.7 Å². The number of benzene rings is 2. The van der Waals surface area contributed by atoms with E-state index in [1.165, 1.54) is 18.4 Å². The monoisotopic (exact) mass is 446 g/mol. The van der Waals surface area contributed by atoms with Gasteiger partial charge in [-0.2, -0.15) is 0 Å². The zero-order valence-electron chi connectivity index (χ0n) is 19.0. The second-order valence-electron chi connectivity index (χ2n) is 8.44. The highest BCUT2D eigenvalue weighted by molar-refractivity contribution is 5.92. The summed E-state index contributed by atoms with van der Waals surface area (Å²) in [5, 5.41) is 5.82. The summed E-state index contributed by atoms with van der Waals surface area (Å²) in [6, 6.07) is 15.1. The van der Waals surface area contributed by atoms with E-state index < -0.39 is 0 Å². The molecule has 1 aromatic heterocycles. The Morgan fingerprint density at radius 1 is 0.909 bits per heavy atom. The number of nitrogens with one attached hydrogen (secondary N) is 2. The second-order valence-corrected chi connectivity index (χ2v) is 8.44. The van der Waals surface area contributed by atoms with Crippen molar-refractivity contribution in [3.63, 3.8) is 0 Å². The summed E-state index contributed by atoms with van der Waals surface area (Å²) >= 11 is 0. The van der Waals surface area contributed by atoms with Gasteiger partial charge in [0.05, 0.1) is 6.20 Å². The minimum Gasteiger partial charge on any atom is -0.441 e. The van der Waals surface area contributed by atoms with E-state index in [9.17, 15) is 9.59 Å². The number of carbonyl (C=O) groups is 2. The molecule has 4 rings (SSSR count). The average molecular weight is 447 g/mol. The predicted octanol–water partition coefficient (Wildman–Crippen LogP) is 5.63. The van der Waals surface area contributed by atoms with Gasteiger partial charge >= 0.3 is 6.03 Å². The number of hydrogen-bond donors (Lipinski definition) is 2. The molecule has 2 N–H and O–H groups in total. The lowest BCUT2D eigenvalue weighted by atomic mass is 10.1. The van der Waals surface area contributed by atoms with Crippen LogP contribution in [0, 0.1) is 6.92 Å². The van der Waals surface area contributed by atoms with Gasteiger partial charge in [-0.15, -0.1) is 0 Å². The fourth-order valence-electron chi connectivity index (χ4n) is 3.83. The molecule has 7 nitrogen and oxygen atoms in total. The van der Waals surface area contributed by atoms with Crippen LogP contribution in [0.4, 0.5) is 16.2 Å². The minimum atomic E-state index is -0.119. The number of hydrogen-bond acceptors (Lipinski definition) is 4. The average Bonchev–Trinajstić information content (AvgIpc) is 3.12. The molecule has 2 heterocycles. The predicted molar refractivity (Wildman–Crippen MR) is 129 cm³/mol. The lowest BCUT2D eigenvalue weighted by Crippen LogP contribution is -2.35. The van der Waals surface area contributed by atoms with E-state index in [1.807, 2.05) is 36.1 Å². The van der Waals surface area contributed by atoms with Crippen molar-refractivity contribution in [2.24, 2.45) is 0 Å². The van der Waals surface area contributed by atoms with Crippen LogP contribution in [0.5, 0.6) is 0 Å². The van der Waals surface area contributed by atoms with E-state index in [0.717, 1.165) is 31.5 Å². The molecule has 0 atom stereocenters. The van der Waals surface area contributed by atoms with Gasteiger partial charge in [-0.3, -0.25) is 4.79 Å². The SMILES string of the molecule is Cc1ccc(-c2cnc(CCC(=O)Nc3ccc(NC(=O)N4CCCCCC4)cc3)o2)cc1. The first-order valence-corrected chi connectivity index (χ1v) is 11.5. The summed E-state index contributed by atoms with van der Waals surface area (Å²) in [5.74, 6) is 1.11. The lowest BCUT2D eigenvalue weighted by molar-refractivity contribution is -0.116. The van der Waals surface area contributed by atoms with E-state index in [2.05, 4.69) is 15.6 Å². The topological polar surface area (TPSA) is 87.5 Å². The number of rotatable bonds is 6. The van der Waals surface area contributed by atoms with Crippen LogP contribution in [0.2, 0.25) is 0 Å². The largest absolute Gasteiger partial charge is 0.441 e. The molecule has 7 heteroatoms. The maximum Gasteiger partial charge on any atom is 0.321 e. The second kappa shape index (κ2) is 10.8. The van der Waals surface area contributed by atoms with Crippen LogP contribution >= 0.6 is 0 Å². The van der Waals surface area contributed by atoms with Gasteiger partial charge in [0.1, 0.15) is 0 Å². The number of likely N-dealkylation sites (tertiary alicyclic amines) is 1. The molecule has 0 unspecified atom stereocenters. The van der Waals surface area contributed by atoms with Gasteiger partial charge in [-0.1, -0.05) is 42.7 Å². The highest BCUT2D eigenvalue weighted by atomic mass is 16.4. The van der Waals surface area contributed by atoms with Crippen LogP contribution in [0.25, 0.3) is 11.3 Å². The summed E-state index contributed by atoms with van der Waals surface area (Å²) in [6.45, 7) is 3.64. The molecule has 0 radical (unpaired) electrons. The zero-order chi connectivity index (χ0) is 23.0. The summed E-state index contributed by atoms with van der Waals surface area (Å²) in [5.41, 5.74) is 3.54. The molecular weight excluding hydrogens is 416 g/mol. The van der Waals surface area contributed by atoms with Crippen LogP contribution in [-0.2, 0) is 11.2 Å². The van der Waals surface area contributed by atoms with E-state index in [4.69, 9.17) is 4.42 Å². The maximum atomic E-state index is 12.4. The molecule has 0 bridgehead atoms. The van der Waals surface area contributed by atoms with Crippen molar-refractivity contribution in [3.8, 4) is 11.3 Å². The number of anilines is 2. The van der Waals surface area contributed by atoms with Crippen molar-refractivity contribution in [2.45, 2.75) is 45.4 Å². The van der Waals surface area contributed by atoms with E-state index in [1.54, 1.807) is 30.5 Å². The van der Waals surface area contributed by atoms with Gasteiger partial charge in [0.15, 0.2) is 11.7 Å². The maximum absolute atomic E-state index is 12.4.